The standard InChI is InChI=1S/C10H19O.3C4H9.Sn/c1-5-6-7-8-10(11-4)9(2)3;3*1-3-4-2;/h10H,2,4-8H2,1,3H3;3*1,3-4H2,2H3;. The first-order valence-corrected chi connectivity index (χ1v) is 18.9. The van der Waals surface area contributed by atoms with E-state index in [0.717, 1.165) is 4.62 Å². The molecule has 0 amide bonds. The topological polar surface area (TPSA) is 9.23 Å². The molecule has 1 unspecified atom stereocenters. The fourth-order valence-electron chi connectivity index (χ4n) is 3.58. The van der Waals surface area contributed by atoms with Gasteiger partial charge in [0.1, 0.15) is 0 Å². The number of ether oxygens (including phenoxy) is 1. The van der Waals surface area contributed by atoms with Crippen LogP contribution in [0.25, 0.3) is 0 Å². The zero-order valence-electron chi connectivity index (χ0n) is 17.6. The maximum absolute atomic E-state index is 6.60. The molecule has 0 heterocycles. The molecule has 1 atom stereocenters. The van der Waals surface area contributed by atoms with Crippen LogP contribution in [0, 0.1) is 0 Å². The molecule has 0 saturated heterocycles. The van der Waals surface area contributed by atoms with Gasteiger partial charge in [-0.2, -0.15) is 0 Å². The van der Waals surface area contributed by atoms with Crippen molar-refractivity contribution in [2.24, 2.45) is 0 Å². The Morgan fingerprint density at radius 2 is 1.25 bits per heavy atom. The Labute approximate surface area is 157 Å². The van der Waals surface area contributed by atoms with Crippen molar-refractivity contribution in [2.75, 3.05) is 4.62 Å². The second-order valence-electron chi connectivity index (χ2n) is 7.95. The van der Waals surface area contributed by atoms with Crippen molar-refractivity contribution in [2.45, 2.75) is 118 Å². The van der Waals surface area contributed by atoms with Gasteiger partial charge in [-0.05, 0) is 0 Å². The molecule has 0 radical (unpaired) electrons. The van der Waals surface area contributed by atoms with E-state index in [4.69, 9.17) is 4.74 Å². The molecule has 0 aliphatic rings. The average Bonchev–Trinajstić information content (AvgIpc) is 2.58. The molecule has 0 aromatic carbocycles. The summed E-state index contributed by atoms with van der Waals surface area (Å²) >= 11 is -2.14. The van der Waals surface area contributed by atoms with Crippen LogP contribution < -0.4 is 0 Å². The van der Waals surface area contributed by atoms with E-state index in [2.05, 4.69) is 41.2 Å². The molecule has 0 aliphatic carbocycles. The van der Waals surface area contributed by atoms with Crippen LogP contribution >= 0.6 is 0 Å². The molecular formula is C22H46OSn. The van der Waals surface area contributed by atoms with E-state index >= 15 is 0 Å². The monoisotopic (exact) mass is 446 g/mol. The Hall–Kier alpha value is 0.499. The Morgan fingerprint density at radius 3 is 1.62 bits per heavy atom. The van der Waals surface area contributed by atoms with Crippen molar-refractivity contribution in [3.8, 4) is 0 Å². The van der Waals surface area contributed by atoms with Crippen LogP contribution in [-0.4, -0.2) is 29.1 Å². The SMILES string of the molecule is C=C(C)C(CCCCC)O[CH2][Sn]([CH2]CCC)([CH2]CCC)[CH2]CCC. The maximum atomic E-state index is 6.60. The molecule has 2 heteroatoms. The number of unbranched alkanes of at least 4 members (excludes halogenated alkanes) is 5. The van der Waals surface area contributed by atoms with Crippen LogP contribution in [0.3, 0.4) is 0 Å². The summed E-state index contributed by atoms with van der Waals surface area (Å²) < 4.78 is 12.4. The van der Waals surface area contributed by atoms with E-state index in [1.165, 1.54) is 69.8 Å². The molecular weight excluding hydrogens is 399 g/mol. The van der Waals surface area contributed by atoms with Gasteiger partial charge in [0.15, 0.2) is 0 Å². The molecule has 0 aliphatic heterocycles. The summed E-state index contributed by atoms with van der Waals surface area (Å²) in [6.45, 7) is 15.7. The van der Waals surface area contributed by atoms with Gasteiger partial charge in [-0.1, -0.05) is 0 Å². The van der Waals surface area contributed by atoms with Crippen LogP contribution in [-0.2, 0) is 4.74 Å². The zero-order chi connectivity index (χ0) is 18.3. The normalized spacial score (nSPS) is 13.2. The fraction of sp³-hybridized carbons (Fsp3) is 0.909. The molecule has 0 N–H and O–H groups in total. The first-order valence-electron chi connectivity index (χ1n) is 10.8. The predicted molar refractivity (Wildman–Crippen MR) is 114 cm³/mol. The van der Waals surface area contributed by atoms with Crippen molar-refractivity contribution < 1.29 is 4.74 Å². The van der Waals surface area contributed by atoms with Gasteiger partial charge >= 0.3 is 158 Å². The van der Waals surface area contributed by atoms with Crippen molar-refractivity contribution in [3.63, 3.8) is 0 Å². The van der Waals surface area contributed by atoms with Gasteiger partial charge in [0.25, 0.3) is 0 Å². The molecule has 24 heavy (non-hydrogen) atoms. The summed E-state index contributed by atoms with van der Waals surface area (Å²) in [5.74, 6) is 0. The Morgan fingerprint density at radius 1 is 0.792 bits per heavy atom. The summed E-state index contributed by atoms with van der Waals surface area (Å²) in [6.07, 6.45) is 13.7. The number of hydrogen-bond donors (Lipinski definition) is 0. The first kappa shape index (κ1) is 24.5. The van der Waals surface area contributed by atoms with Crippen LogP contribution in [0.4, 0.5) is 0 Å². The molecule has 0 saturated carbocycles. The quantitative estimate of drug-likeness (QED) is 0.126. The van der Waals surface area contributed by atoms with E-state index in [-0.39, 0.29) is 0 Å². The van der Waals surface area contributed by atoms with Crippen LogP contribution in [0.1, 0.15) is 98.8 Å². The van der Waals surface area contributed by atoms with E-state index in [0.29, 0.717) is 6.10 Å². The molecule has 0 fully saturated rings. The molecule has 0 rings (SSSR count). The predicted octanol–water partition coefficient (Wildman–Crippen LogP) is 7.92. The van der Waals surface area contributed by atoms with Crippen molar-refractivity contribution in [1.82, 2.24) is 0 Å². The van der Waals surface area contributed by atoms with E-state index in [1.54, 1.807) is 13.3 Å². The summed E-state index contributed by atoms with van der Waals surface area (Å²) in [5, 5.41) is 0. The molecule has 144 valence electrons. The van der Waals surface area contributed by atoms with Crippen molar-refractivity contribution in [1.29, 1.82) is 0 Å². The number of rotatable bonds is 17. The second kappa shape index (κ2) is 15.7. The Balaban J connectivity index is 4.84. The van der Waals surface area contributed by atoms with Gasteiger partial charge in [-0.15, -0.1) is 0 Å². The van der Waals surface area contributed by atoms with Gasteiger partial charge in [-0.25, -0.2) is 0 Å². The third-order valence-electron chi connectivity index (χ3n) is 5.39. The third-order valence-corrected chi connectivity index (χ3v) is 19.7. The van der Waals surface area contributed by atoms with Gasteiger partial charge in [0.05, 0.1) is 0 Å². The molecule has 0 aromatic rings. The van der Waals surface area contributed by atoms with Gasteiger partial charge < -0.3 is 0 Å². The minimum atomic E-state index is -2.14. The molecule has 0 aromatic heterocycles. The van der Waals surface area contributed by atoms with Crippen LogP contribution in [0.15, 0.2) is 12.2 Å². The van der Waals surface area contributed by atoms with E-state index < -0.39 is 18.4 Å². The molecule has 1 nitrogen and oxygen atoms in total. The van der Waals surface area contributed by atoms with Gasteiger partial charge in [0, 0.05) is 0 Å². The molecule has 0 spiro atoms. The van der Waals surface area contributed by atoms with Crippen molar-refractivity contribution >= 4 is 18.4 Å². The average molecular weight is 445 g/mol. The second-order valence-corrected chi connectivity index (χ2v) is 21.6. The summed E-state index contributed by atoms with van der Waals surface area (Å²) in [7, 11) is 0. The Bertz CT molecular complexity index is 279. The number of hydrogen-bond acceptors (Lipinski definition) is 1. The summed E-state index contributed by atoms with van der Waals surface area (Å²) in [5.41, 5.74) is 1.24. The first-order chi connectivity index (χ1) is 11.5. The minimum absolute atomic E-state index is 0.317. The summed E-state index contributed by atoms with van der Waals surface area (Å²) in [6, 6.07) is 0. The zero-order valence-corrected chi connectivity index (χ0v) is 20.4. The Kier molecular flexibility index (Phi) is 16.1. The van der Waals surface area contributed by atoms with Gasteiger partial charge in [-0.3, -0.25) is 0 Å². The summed E-state index contributed by atoms with van der Waals surface area (Å²) in [4.78, 5) is 0. The van der Waals surface area contributed by atoms with Gasteiger partial charge in [0.2, 0.25) is 0 Å². The van der Waals surface area contributed by atoms with E-state index in [9.17, 15) is 0 Å². The van der Waals surface area contributed by atoms with E-state index in [1.807, 2.05) is 0 Å². The van der Waals surface area contributed by atoms with Crippen molar-refractivity contribution in [3.05, 3.63) is 12.2 Å². The third kappa shape index (κ3) is 11.2. The van der Waals surface area contributed by atoms with Crippen LogP contribution in [0.2, 0.25) is 13.3 Å². The molecule has 0 bridgehead atoms. The van der Waals surface area contributed by atoms with Crippen LogP contribution in [0.5, 0.6) is 0 Å². The fourth-order valence-corrected chi connectivity index (χ4v) is 18.0.